The molecule has 2 heterocycles. The van der Waals surface area contributed by atoms with Crippen molar-refractivity contribution in [2.24, 2.45) is 5.73 Å². The number of rotatable bonds is 3. The SMILES string of the molecule is CC1(C)OB(c2cc(CCN)ncc2F)OC1(C)C. The fraction of sp³-hybridized carbons (Fsp3) is 0.615. The fourth-order valence-electron chi connectivity index (χ4n) is 1.94. The first kappa shape index (κ1) is 14.4. The molecule has 0 saturated carbocycles. The maximum atomic E-state index is 13.9. The summed E-state index contributed by atoms with van der Waals surface area (Å²) in [5, 5.41) is 0. The lowest BCUT2D eigenvalue weighted by Crippen LogP contribution is -2.41. The lowest BCUT2D eigenvalue weighted by atomic mass is 9.78. The Bertz CT molecular complexity index is 464. The Morgan fingerprint density at radius 1 is 1.26 bits per heavy atom. The highest BCUT2D eigenvalue weighted by atomic mass is 19.1. The number of nitrogens with zero attached hydrogens (tertiary/aromatic N) is 1. The second kappa shape index (κ2) is 4.85. The molecule has 0 spiro atoms. The first-order valence-electron chi connectivity index (χ1n) is 6.47. The van der Waals surface area contributed by atoms with Gasteiger partial charge in [0.25, 0.3) is 0 Å². The molecule has 1 fully saturated rings. The van der Waals surface area contributed by atoms with Crippen LogP contribution < -0.4 is 11.2 Å². The van der Waals surface area contributed by atoms with Crippen LogP contribution in [0.5, 0.6) is 0 Å². The smallest absolute Gasteiger partial charge is 0.399 e. The molecule has 0 bridgehead atoms. The van der Waals surface area contributed by atoms with Crippen molar-refractivity contribution in [1.82, 2.24) is 4.98 Å². The van der Waals surface area contributed by atoms with E-state index in [-0.39, 0.29) is 0 Å². The summed E-state index contributed by atoms with van der Waals surface area (Å²) in [5.41, 5.74) is 5.65. The highest BCUT2D eigenvalue weighted by molar-refractivity contribution is 6.62. The zero-order valence-electron chi connectivity index (χ0n) is 11.9. The Morgan fingerprint density at radius 3 is 2.37 bits per heavy atom. The molecule has 104 valence electrons. The highest BCUT2D eigenvalue weighted by Crippen LogP contribution is 2.36. The number of hydrogen-bond acceptors (Lipinski definition) is 4. The third-order valence-electron chi connectivity index (χ3n) is 3.85. The summed E-state index contributed by atoms with van der Waals surface area (Å²) >= 11 is 0. The molecule has 0 amide bonds. The Kier molecular flexibility index (Phi) is 3.68. The van der Waals surface area contributed by atoms with Crippen LogP contribution in [0.3, 0.4) is 0 Å². The molecule has 2 rings (SSSR count). The van der Waals surface area contributed by atoms with Crippen LogP contribution in [-0.4, -0.2) is 29.8 Å². The predicted molar refractivity (Wildman–Crippen MR) is 72.7 cm³/mol. The zero-order chi connectivity index (χ0) is 14.3. The minimum atomic E-state index is -0.704. The Labute approximate surface area is 113 Å². The largest absolute Gasteiger partial charge is 0.497 e. The molecule has 1 aliphatic heterocycles. The van der Waals surface area contributed by atoms with Crippen molar-refractivity contribution >= 4 is 12.6 Å². The van der Waals surface area contributed by atoms with Crippen molar-refractivity contribution in [2.75, 3.05) is 6.54 Å². The second-order valence-corrected chi connectivity index (χ2v) is 5.82. The molecule has 1 aliphatic rings. The minimum Gasteiger partial charge on any atom is -0.399 e. The normalized spacial score (nSPS) is 20.8. The van der Waals surface area contributed by atoms with Gasteiger partial charge in [-0.3, -0.25) is 4.98 Å². The third kappa shape index (κ3) is 2.66. The first-order valence-corrected chi connectivity index (χ1v) is 6.47. The zero-order valence-corrected chi connectivity index (χ0v) is 11.9. The first-order chi connectivity index (χ1) is 8.77. The molecule has 4 nitrogen and oxygen atoms in total. The summed E-state index contributed by atoms with van der Waals surface area (Å²) in [6.45, 7) is 8.22. The maximum absolute atomic E-state index is 13.9. The molecule has 0 unspecified atom stereocenters. The van der Waals surface area contributed by atoms with Crippen LogP contribution in [0.2, 0.25) is 0 Å². The van der Waals surface area contributed by atoms with E-state index in [0.717, 1.165) is 5.69 Å². The van der Waals surface area contributed by atoms with E-state index in [1.165, 1.54) is 6.20 Å². The fourth-order valence-corrected chi connectivity index (χ4v) is 1.94. The van der Waals surface area contributed by atoms with Crippen LogP contribution in [0.15, 0.2) is 12.3 Å². The van der Waals surface area contributed by atoms with Gasteiger partial charge in [0.1, 0.15) is 5.82 Å². The molecule has 0 atom stereocenters. The average Bonchev–Trinajstić information content (AvgIpc) is 2.51. The summed E-state index contributed by atoms with van der Waals surface area (Å²) in [6, 6.07) is 1.67. The second-order valence-electron chi connectivity index (χ2n) is 5.82. The highest BCUT2D eigenvalue weighted by Gasteiger charge is 2.52. The van der Waals surface area contributed by atoms with Gasteiger partial charge in [-0.25, -0.2) is 4.39 Å². The molecule has 0 aromatic carbocycles. The van der Waals surface area contributed by atoms with Crippen LogP contribution in [0.1, 0.15) is 33.4 Å². The minimum absolute atomic E-state index is 0.386. The summed E-state index contributed by atoms with van der Waals surface area (Å²) in [5.74, 6) is -0.417. The number of halogens is 1. The molecule has 1 aromatic rings. The van der Waals surface area contributed by atoms with Crippen molar-refractivity contribution in [3.8, 4) is 0 Å². The summed E-state index contributed by atoms with van der Waals surface area (Å²) in [4.78, 5) is 4.01. The van der Waals surface area contributed by atoms with Gasteiger partial charge in [0, 0.05) is 17.6 Å². The molecular formula is C13H20BFN2O2. The molecule has 19 heavy (non-hydrogen) atoms. The van der Waals surface area contributed by atoms with Crippen LogP contribution in [0.4, 0.5) is 4.39 Å². The van der Waals surface area contributed by atoms with Crippen LogP contribution in [-0.2, 0) is 15.7 Å². The summed E-state index contributed by atoms with van der Waals surface area (Å²) in [7, 11) is -0.704. The van der Waals surface area contributed by atoms with E-state index in [4.69, 9.17) is 15.0 Å². The van der Waals surface area contributed by atoms with Gasteiger partial charge in [0.15, 0.2) is 0 Å². The lowest BCUT2D eigenvalue weighted by molar-refractivity contribution is 0.00578. The third-order valence-corrected chi connectivity index (χ3v) is 3.85. The van der Waals surface area contributed by atoms with Gasteiger partial charge in [-0.05, 0) is 40.3 Å². The molecule has 0 aliphatic carbocycles. The number of pyridine rings is 1. The molecular weight excluding hydrogens is 246 g/mol. The molecule has 6 heteroatoms. The van der Waals surface area contributed by atoms with E-state index in [1.807, 2.05) is 27.7 Å². The molecule has 1 aromatic heterocycles. The molecule has 1 saturated heterocycles. The van der Waals surface area contributed by atoms with E-state index in [9.17, 15) is 4.39 Å². The number of hydrogen-bond donors (Lipinski definition) is 1. The Morgan fingerprint density at radius 2 is 1.84 bits per heavy atom. The predicted octanol–water partition coefficient (Wildman–Crippen LogP) is 1.02. The van der Waals surface area contributed by atoms with Crippen molar-refractivity contribution in [1.29, 1.82) is 0 Å². The quantitative estimate of drug-likeness (QED) is 0.830. The van der Waals surface area contributed by atoms with Gasteiger partial charge < -0.3 is 15.0 Å². The van der Waals surface area contributed by atoms with E-state index in [2.05, 4.69) is 4.98 Å². The topological polar surface area (TPSA) is 57.4 Å². The van der Waals surface area contributed by atoms with Crippen molar-refractivity contribution in [3.05, 3.63) is 23.8 Å². The van der Waals surface area contributed by atoms with Crippen LogP contribution >= 0.6 is 0 Å². The Hall–Kier alpha value is -0.975. The number of aromatic nitrogens is 1. The van der Waals surface area contributed by atoms with Gasteiger partial charge in [-0.1, -0.05) is 0 Å². The van der Waals surface area contributed by atoms with Gasteiger partial charge in [0.2, 0.25) is 0 Å². The monoisotopic (exact) mass is 266 g/mol. The van der Waals surface area contributed by atoms with E-state index in [1.54, 1.807) is 6.07 Å². The van der Waals surface area contributed by atoms with Gasteiger partial charge in [0.05, 0.1) is 17.4 Å². The van der Waals surface area contributed by atoms with Gasteiger partial charge in [-0.15, -0.1) is 0 Å². The van der Waals surface area contributed by atoms with Crippen LogP contribution in [0.25, 0.3) is 0 Å². The standard InChI is InChI=1S/C13H20BFN2O2/c1-12(2)13(3,4)19-14(18-12)10-7-9(5-6-16)17-8-11(10)15/h7-8H,5-6,16H2,1-4H3. The van der Waals surface area contributed by atoms with E-state index in [0.29, 0.717) is 18.4 Å². The van der Waals surface area contributed by atoms with Gasteiger partial charge in [-0.2, -0.15) is 0 Å². The summed E-state index contributed by atoms with van der Waals surface area (Å²) in [6.07, 6.45) is 1.80. The lowest BCUT2D eigenvalue weighted by Gasteiger charge is -2.32. The summed E-state index contributed by atoms with van der Waals surface area (Å²) < 4.78 is 25.6. The molecule has 0 radical (unpaired) electrons. The van der Waals surface area contributed by atoms with Crippen molar-refractivity contribution < 1.29 is 13.7 Å². The maximum Gasteiger partial charge on any atom is 0.497 e. The molecule has 2 N–H and O–H groups in total. The van der Waals surface area contributed by atoms with Crippen LogP contribution in [0, 0.1) is 5.82 Å². The van der Waals surface area contributed by atoms with Crippen molar-refractivity contribution in [3.63, 3.8) is 0 Å². The van der Waals surface area contributed by atoms with E-state index < -0.39 is 24.1 Å². The average molecular weight is 266 g/mol. The van der Waals surface area contributed by atoms with Crippen molar-refractivity contribution in [2.45, 2.75) is 45.3 Å². The Balaban J connectivity index is 2.31. The van der Waals surface area contributed by atoms with E-state index >= 15 is 0 Å². The van der Waals surface area contributed by atoms with Gasteiger partial charge >= 0.3 is 7.12 Å². The number of nitrogens with two attached hydrogens (primary N) is 1.